The lowest BCUT2D eigenvalue weighted by molar-refractivity contribution is -0.145. The minimum Gasteiger partial charge on any atom is -0.392 e. The van der Waals surface area contributed by atoms with Crippen LogP contribution in [0.4, 0.5) is 0 Å². The number of carbonyl (C=O) groups excluding carboxylic acids is 1. The van der Waals surface area contributed by atoms with Crippen LogP contribution < -0.4 is 0 Å². The second-order valence-electron chi connectivity index (χ2n) is 3.04. The van der Waals surface area contributed by atoms with E-state index in [0.29, 0.717) is 0 Å². The average Bonchev–Trinajstić information content (AvgIpc) is 2.22. The Bertz CT molecular complexity index is 338. The predicted octanol–water partition coefficient (Wildman–Crippen LogP) is -4.16. The zero-order valence-corrected chi connectivity index (χ0v) is 8.65. The molecule has 16 heavy (non-hydrogen) atoms. The van der Waals surface area contributed by atoms with Crippen molar-refractivity contribution in [2.75, 3.05) is 6.61 Å². The van der Waals surface area contributed by atoms with Crippen LogP contribution in [-0.4, -0.2) is 74.6 Å². The third-order valence-electron chi connectivity index (χ3n) is 1.95. The summed E-state index contributed by atoms with van der Waals surface area (Å²) >= 11 is 0. The highest BCUT2D eigenvalue weighted by Gasteiger charge is 2.51. The van der Waals surface area contributed by atoms with Gasteiger partial charge >= 0.3 is 0 Å². The monoisotopic (exact) mass is 260 g/mol. The molecule has 0 aromatic carbocycles. The van der Waals surface area contributed by atoms with E-state index in [9.17, 15) is 18.3 Å². The average molecular weight is 260 g/mol. The highest BCUT2D eigenvalue weighted by Crippen LogP contribution is 2.21. The molecule has 0 heterocycles. The molecule has 6 N–H and O–H groups in total. The van der Waals surface area contributed by atoms with E-state index >= 15 is 0 Å². The molecule has 0 spiro atoms. The number of rotatable bonds is 6. The van der Waals surface area contributed by atoms with Gasteiger partial charge in [0.1, 0.15) is 18.3 Å². The smallest absolute Gasteiger partial charge is 0.300 e. The van der Waals surface area contributed by atoms with Crippen molar-refractivity contribution in [3.8, 4) is 0 Å². The van der Waals surface area contributed by atoms with Crippen molar-refractivity contribution in [1.29, 1.82) is 0 Å². The maximum atomic E-state index is 10.6. The molecule has 0 unspecified atom stereocenters. The van der Waals surface area contributed by atoms with Gasteiger partial charge in [-0.1, -0.05) is 0 Å². The largest absolute Gasteiger partial charge is 0.392 e. The van der Waals surface area contributed by atoms with Crippen molar-refractivity contribution in [3.05, 3.63) is 0 Å². The van der Waals surface area contributed by atoms with E-state index in [2.05, 4.69) is 0 Å². The topological polar surface area (TPSA) is 173 Å². The zero-order chi connectivity index (χ0) is 13.1. The number of aldehydes is 1. The summed E-state index contributed by atoms with van der Waals surface area (Å²) in [5.41, 5.74) is 0. The predicted molar refractivity (Wildman–Crippen MR) is 47.7 cm³/mol. The number of aliphatic hydroxyl groups excluding tert-OH is 4. The van der Waals surface area contributed by atoms with Crippen LogP contribution in [0.3, 0.4) is 0 Å². The number of hydrogen-bond donors (Lipinski definition) is 6. The molecule has 0 rings (SSSR count). The molecule has 0 saturated carbocycles. The van der Waals surface area contributed by atoms with Crippen molar-refractivity contribution in [1.82, 2.24) is 0 Å². The molecule has 0 bridgehead atoms. The summed E-state index contributed by atoms with van der Waals surface area (Å²) in [6.07, 6.45) is -7.48. The second kappa shape index (κ2) is 5.14. The van der Waals surface area contributed by atoms with E-state index in [-0.39, 0.29) is 6.29 Å². The first-order valence-corrected chi connectivity index (χ1v) is 5.35. The Labute approximate surface area is 90.3 Å². The Kier molecular flexibility index (Phi) is 4.94. The van der Waals surface area contributed by atoms with Crippen molar-refractivity contribution in [2.24, 2.45) is 0 Å². The van der Waals surface area contributed by atoms with E-state index < -0.39 is 40.0 Å². The maximum Gasteiger partial charge on any atom is 0.300 e. The van der Waals surface area contributed by atoms with Gasteiger partial charge in [-0.3, -0.25) is 4.55 Å². The van der Waals surface area contributed by atoms with Crippen LogP contribution >= 0.6 is 0 Å². The molecule has 0 aliphatic rings. The lowest BCUT2D eigenvalue weighted by Crippen LogP contribution is -2.59. The van der Waals surface area contributed by atoms with E-state index in [1.165, 1.54) is 0 Å². The van der Waals surface area contributed by atoms with Gasteiger partial charge in [0, 0.05) is 0 Å². The minimum absolute atomic E-state index is 0.227. The first-order chi connectivity index (χ1) is 7.11. The third kappa shape index (κ3) is 2.74. The molecule has 0 aromatic rings. The number of carbonyl (C=O) groups is 1. The van der Waals surface area contributed by atoms with Gasteiger partial charge in [-0.15, -0.1) is 0 Å². The summed E-state index contributed by atoms with van der Waals surface area (Å²) in [5.74, 6) is 0. The zero-order valence-electron chi connectivity index (χ0n) is 7.83. The van der Waals surface area contributed by atoms with Crippen molar-refractivity contribution in [2.45, 2.75) is 23.2 Å². The van der Waals surface area contributed by atoms with Crippen LogP contribution in [-0.2, 0) is 14.9 Å². The molecular formula is C6H12O9S. The molecular weight excluding hydrogens is 248 g/mol. The van der Waals surface area contributed by atoms with Gasteiger partial charge in [-0.05, 0) is 0 Å². The van der Waals surface area contributed by atoms with Gasteiger partial charge in [-0.25, -0.2) is 0 Å². The van der Waals surface area contributed by atoms with Crippen LogP contribution in [0, 0.1) is 0 Å². The van der Waals surface area contributed by atoms with E-state index in [4.69, 9.17) is 25.0 Å². The second-order valence-corrected chi connectivity index (χ2v) is 4.70. The fourth-order valence-electron chi connectivity index (χ4n) is 0.862. The Balaban J connectivity index is 5.21. The molecule has 4 atom stereocenters. The van der Waals surface area contributed by atoms with Crippen molar-refractivity contribution < 1.29 is 43.3 Å². The molecule has 0 aromatic heterocycles. The molecule has 0 saturated heterocycles. The molecule has 0 fully saturated rings. The summed E-state index contributed by atoms with van der Waals surface area (Å²) in [6.45, 7) is -1.64. The summed E-state index contributed by atoms with van der Waals surface area (Å²) < 4.78 is 29.8. The van der Waals surface area contributed by atoms with Gasteiger partial charge in [-0.2, -0.15) is 8.42 Å². The van der Waals surface area contributed by atoms with Crippen LogP contribution in [0.1, 0.15) is 0 Å². The summed E-state index contributed by atoms with van der Waals surface area (Å²) in [6, 6.07) is 0. The first-order valence-electron chi connectivity index (χ1n) is 3.91. The van der Waals surface area contributed by atoms with E-state index in [0.717, 1.165) is 0 Å². The van der Waals surface area contributed by atoms with Gasteiger partial charge in [0.25, 0.3) is 10.1 Å². The van der Waals surface area contributed by atoms with Crippen molar-refractivity contribution >= 4 is 16.4 Å². The van der Waals surface area contributed by atoms with Gasteiger partial charge in [0.05, 0.1) is 6.61 Å². The quantitative estimate of drug-likeness (QED) is 0.204. The van der Waals surface area contributed by atoms with Crippen LogP contribution in [0.2, 0.25) is 0 Å². The van der Waals surface area contributed by atoms with E-state index in [1.54, 1.807) is 0 Å². The highest BCUT2D eigenvalue weighted by atomic mass is 32.2. The fourth-order valence-corrected chi connectivity index (χ4v) is 1.47. The van der Waals surface area contributed by atoms with Gasteiger partial charge in [0.15, 0.2) is 6.29 Å². The number of aliphatic hydroxyl groups is 5. The Morgan fingerprint density at radius 1 is 1.25 bits per heavy atom. The van der Waals surface area contributed by atoms with Crippen molar-refractivity contribution in [3.63, 3.8) is 0 Å². The molecule has 96 valence electrons. The van der Waals surface area contributed by atoms with Gasteiger partial charge < -0.3 is 30.3 Å². The molecule has 0 amide bonds. The van der Waals surface area contributed by atoms with Crippen LogP contribution in [0.5, 0.6) is 0 Å². The lowest BCUT2D eigenvalue weighted by Gasteiger charge is -2.31. The standard InChI is InChI=1S/C6H12O9S/c7-1-3(9)4(10)5(11)6(12,2-8)16(13,14)15/h1,3-5,8-12H,2H2,(H,13,14,15)/t3-,4+,5-,6-/m0/s1. The SMILES string of the molecule is O=C[C@H](O)[C@@H](O)[C@H](O)[C@](O)(CO)S(=O)(=O)O. The first kappa shape index (κ1) is 15.4. The molecule has 9 nitrogen and oxygen atoms in total. The Hall–Kier alpha value is -0.620. The summed E-state index contributed by atoms with van der Waals surface area (Å²) in [5, 5.41) is 44.7. The summed E-state index contributed by atoms with van der Waals surface area (Å²) in [7, 11) is -5.33. The molecule has 0 aliphatic carbocycles. The number of hydrogen-bond acceptors (Lipinski definition) is 8. The fraction of sp³-hybridized carbons (Fsp3) is 0.833. The minimum atomic E-state index is -5.33. The van der Waals surface area contributed by atoms with Crippen LogP contribution in [0.15, 0.2) is 0 Å². The molecule has 0 radical (unpaired) electrons. The molecule has 10 heteroatoms. The Morgan fingerprint density at radius 2 is 1.69 bits per heavy atom. The lowest BCUT2D eigenvalue weighted by atomic mass is 10.0. The third-order valence-corrected chi connectivity index (χ3v) is 3.21. The summed E-state index contributed by atoms with van der Waals surface area (Å²) in [4.78, 5) is 6.55. The van der Waals surface area contributed by atoms with Gasteiger partial charge in [0.2, 0.25) is 4.93 Å². The van der Waals surface area contributed by atoms with Crippen LogP contribution in [0.25, 0.3) is 0 Å². The highest BCUT2D eigenvalue weighted by molar-refractivity contribution is 7.87. The Morgan fingerprint density at radius 3 is 1.94 bits per heavy atom. The maximum absolute atomic E-state index is 10.6. The normalized spacial score (nSPS) is 21.9. The molecule has 0 aliphatic heterocycles. The van der Waals surface area contributed by atoms with E-state index in [1.807, 2.05) is 0 Å².